The fourth-order valence-electron chi connectivity index (χ4n) is 1.40. The fraction of sp³-hybridized carbons (Fsp3) is 0.308. The topological polar surface area (TPSA) is 41.1 Å². The summed E-state index contributed by atoms with van der Waals surface area (Å²) in [6, 6.07) is 7.92. The molecule has 0 spiro atoms. The number of aryl methyl sites for hydroxylation is 1. The van der Waals surface area contributed by atoms with Crippen LogP contribution >= 0.6 is 0 Å². The van der Waals surface area contributed by atoms with Crippen molar-refractivity contribution in [3.63, 3.8) is 0 Å². The molecule has 2 amide bonds. The summed E-state index contributed by atoms with van der Waals surface area (Å²) in [6.45, 7) is 2.94. The summed E-state index contributed by atoms with van der Waals surface area (Å²) in [6.07, 6.45) is 5.85. The van der Waals surface area contributed by atoms with Crippen LogP contribution < -0.4 is 10.6 Å². The highest BCUT2D eigenvalue weighted by Crippen LogP contribution is 2.06. The van der Waals surface area contributed by atoms with Crippen molar-refractivity contribution < 1.29 is 4.79 Å². The molecule has 0 radical (unpaired) electrons. The molecule has 0 aliphatic rings. The van der Waals surface area contributed by atoms with Gasteiger partial charge in [0.25, 0.3) is 0 Å². The average Bonchev–Trinajstić information content (AvgIpc) is 2.29. The molecule has 0 saturated heterocycles. The van der Waals surface area contributed by atoms with Crippen LogP contribution in [0.4, 0.5) is 4.79 Å². The van der Waals surface area contributed by atoms with Crippen molar-refractivity contribution in [3.8, 4) is 12.3 Å². The third-order valence-electron chi connectivity index (χ3n) is 2.29. The van der Waals surface area contributed by atoms with Crippen LogP contribution in [0.15, 0.2) is 24.3 Å². The lowest BCUT2D eigenvalue weighted by Gasteiger charge is -2.07. The van der Waals surface area contributed by atoms with E-state index in [9.17, 15) is 4.79 Å². The van der Waals surface area contributed by atoms with Gasteiger partial charge in [-0.05, 0) is 24.5 Å². The monoisotopic (exact) mass is 216 g/mol. The molecule has 0 aromatic heterocycles. The van der Waals surface area contributed by atoms with E-state index in [1.165, 1.54) is 11.1 Å². The van der Waals surface area contributed by atoms with Gasteiger partial charge >= 0.3 is 6.03 Å². The molecule has 3 heteroatoms. The number of nitrogens with one attached hydrogen (secondary N) is 2. The Kier molecular flexibility index (Phi) is 4.94. The molecule has 16 heavy (non-hydrogen) atoms. The molecule has 2 N–H and O–H groups in total. The minimum atomic E-state index is -0.216. The molecule has 1 aromatic carbocycles. The molecular weight excluding hydrogens is 200 g/mol. The van der Waals surface area contributed by atoms with E-state index in [1.807, 2.05) is 12.1 Å². The van der Waals surface area contributed by atoms with Crippen LogP contribution in [0.25, 0.3) is 0 Å². The number of hydrogen-bond donors (Lipinski definition) is 2. The first-order valence-electron chi connectivity index (χ1n) is 5.23. The molecule has 0 unspecified atom stereocenters. The van der Waals surface area contributed by atoms with Crippen molar-refractivity contribution in [2.24, 2.45) is 0 Å². The first-order chi connectivity index (χ1) is 7.74. The van der Waals surface area contributed by atoms with Gasteiger partial charge in [-0.15, -0.1) is 6.42 Å². The zero-order chi connectivity index (χ0) is 11.8. The summed E-state index contributed by atoms with van der Waals surface area (Å²) in [5.41, 5.74) is 2.49. The largest absolute Gasteiger partial charge is 0.338 e. The molecule has 0 heterocycles. The molecule has 1 rings (SSSR count). The SMILES string of the molecule is C#CCNC(=O)NCCc1ccccc1C. The van der Waals surface area contributed by atoms with Crippen LogP contribution in [0.1, 0.15) is 11.1 Å². The Balaban J connectivity index is 2.29. The van der Waals surface area contributed by atoms with E-state index in [1.54, 1.807) is 0 Å². The zero-order valence-electron chi connectivity index (χ0n) is 9.42. The summed E-state index contributed by atoms with van der Waals surface area (Å²) < 4.78 is 0. The van der Waals surface area contributed by atoms with Crippen LogP contribution in [0, 0.1) is 19.3 Å². The average molecular weight is 216 g/mol. The Morgan fingerprint density at radius 2 is 2.12 bits per heavy atom. The van der Waals surface area contributed by atoms with E-state index < -0.39 is 0 Å². The maximum absolute atomic E-state index is 11.2. The van der Waals surface area contributed by atoms with Gasteiger partial charge in [0.05, 0.1) is 6.54 Å². The van der Waals surface area contributed by atoms with Crippen LogP contribution in [0.2, 0.25) is 0 Å². The van der Waals surface area contributed by atoms with Crippen LogP contribution in [-0.4, -0.2) is 19.1 Å². The van der Waals surface area contributed by atoms with Gasteiger partial charge in [-0.3, -0.25) is 0 Å². The Labute approximate surface area is 96.2 Å². The van der Waals surface area contributed by atoms with Crippen LogP contribution in [0.5, 0.6) is 0 Å². The van der Waals surface area contributed by atoms with Crippen molar-refractivity contribution in [1.29, 1.82) is 0 Å². The Morgan fingerprint density at radius 3 is 2.81 bits per heavy atom. The second kappa shape index (κ2) is 6.52. The summed E-state index contributed by atoms with van der Waals surface area (Å²) in [5.74, 6) is 2.34. The van der Waals surface area contributed by atoms with Crippen LogP contribution in [0.3, 0.4) is 0 Å². The number of benzene rings is 1. The Hall–Kier alpha value is -1.95. The third kappa shape index (κ3) is 4.05. The lowest BCUT2D eigenvalue weighted by molar-refractivity contribution is 0.242. The molecule has 0 fully saturated rings. The highest BCUT2D eigenvalue weighted by Gasteiger charge is 1.99. The van der Waals surface area contributed by atoms with E-state index in [-0.39, 0.29) is 12.6 Å². The van der Waals surface area contributed by atoms with Crippen molar-refractivity contribution >= 4 is 6.03 Å². The lowest BCUT2D eigenvalue weighted by atomic mass is 10.1. The molecule has 0 saturated carbocycles. The minimum Gasteiger partial charge on any atom is -0.338 e. The van der Waals surface area contributed by atoms with E-state index in [0.717, 1.165) is 6.42 Å². The summed E-state index contributed by atoms with van der Waals surface area (Å²) in [7, 11) is 0. The number of hydrogen-bond acceptors (Lipinski definition) is 1. The molecule has 0 atom stereocenters. The first kappa shape index (κ1) is 12.1. The van der Waals surface area contributed by atoms with Crippen LogP contribution in [-0.2, 0) is 6.42 Å². The highest BCUT2D eigenvalue weighted by atomic mass is 16.2. The van der Waals surface area contributed by atoms with Gasteiger partial charge in [-0.1, -0.05) is 30.2 Å². The lowest BCUT2D eigenvalue weighted by Crippen LogP contribution is -2.36. The molecule has 1 aromatic rings. The normalized spacial score (nSPS) is 9.25. The third-order valence-corrected chi connectivity index (χ3v) is 2.29. The number of terminal acetylenes is 1. The first-order valence-corrected chi connectivity index (χ1v) is 5.23. The van der Waals surface area contributed by atoms with Crippen molar-refractivity contribution in [2.75, 3.05) is 13.1 Å². The number of carbonyl (C=O) groups excluding carboxylic acids is 1. The van der Waals surface area contributed by atoms with E-state index in [4.69, 9.17) is 6.42 Å². The van der Waals surface area contributed by atoms with Gasteiger partial charge in [0, 0.05) is 6.54 Å². The van der Waals surface area contributed by atoms with E-state index in [2.05, 4.69) is 35.6 Å². The van der Waals surface area contributed by atoms with Gasteiger partial charge in [-0.2, -0.15) is 0 Å². The predicted molar refractivity (Wildman–Crippen MR) is 65.1 cm³/mol. The van der Waals surface area contributed by atoms with Gasteiger partial charge in [-0.25, -0.2) is 4.79 Å². The number of urea groups is 1. The van der Waals surface area contributed by atoms with Gasteiger partial charge in [0.15, 0.2) is 0 Å². The zero-order valence-corrected chi connectivity index (χ0v) is 9.42. The summed E-state index contributed by atoms with van der Waals surface area (Å²) in [5, 5.41) is 5.29. The molecule has 3 nitrogen and oxygen atoms in total. The van der Waals surface area contributed by atoms with E-state index >= 15 is 0 Å². The van der Waals surface area contributed by atoms with Crippen molar-refractivity contribution in [2.45, 2.75) is 13.3 Å². The number of carbonyl (C=O) groups is 1. The highest BCUT2D eigenvalue weighted by molar-refractivity contribution is 5.74. The smallest absolute Gasteiger partial charge is 0.315 e. The fourth-order valence-corrected chi connectivity index (χ4v) is 1.40. The predicted octanol–water partition coefficient (Wildman–Crippen LogP) is 1.47. The van der Waals surface area contributed by atoms with Crippen molar-refractivity contribution in [3.05, 3.63) is 35.4 Å². The molecule has 0 aliphatic heterocycles. The molecule has 84 valence electrons. The maximum Gasteiger partial charge on any atom is 0.315 e. The standard InChI is InChI=1S/C13H16N2O/c1-3-9-14-13(16)15-10-8-12-7-5-4-6-11(12)2/h1,4-7H,8-10H2,2H3,(H2,14,15,16). The Morgan fingerprint density at radius 1 is 1.38 bits per heavy atom. The second-order valence-electron chi connectivity index (χ2n) is 3.49. The van der Waals surface area contributed by atoms with Gasteiger partial charge in [0.1, 0.15) is 0 Å². The molecule has 0 bridgehead atoms. The maximum atomic E-state index is 11.2. The van der Waals surface area contributed by atoms with Gasteiger partial charge < -0.3 is 10.6 Å². The number of rotatable bonds is 4. The quantitative estimate of drug-likeness (QED) is 0.735. The molecule has 0 aliphatic carbocycles. The number of amides is 2. The van der Waals surface area contributed by atoms with E-state index in [0.29, 0.717) is 6.54 Å². The minimum absolute atomic E-state index is 0.216. The summed E-state index contributed by atoms with van der Waals surface area (Å²) >= 11 is 0. The van der Waals surface area contributed by atoms with Crippen molar-refractivity contribution in [1.82, 2.24) is 10.6 Å². The Bertz CT molecular complexity index is 393. The second-order valence-corrected chi connectivity index (χ2v) is 3.49. The van der Waals surface area contributed by atoms with Gasteiger partial charge in [0.2, 0.25) is 0 Å². The summed E-state index contributed by atoms with van der Waals surface area (Å²) in [4.78, 5) is 11.2. The molecular formula is C13H16N2O.